The molecule has 1 aliphatic heterocycles. The zero-order valence-electron chi connectivity index (χ0n) is 21.1. The van der Waals surface area contributed by atoms with Crippen LogP contribution in [-0.4, -0.2) is 43.0 Å². The molecule has 4 heterocycles. The summed E-state index contributed by atoms with van der Waals surface area (Å²) >= 11 is 0. The van der Waals surface area contributed by atoms with Gasteiger partial charge in [0.25, 0.3) is 5.56 Å². The van der Waals surface area contributed by atoms with Crippen molar-refractivity contribution >= 4 is 11.0 Å². The van der Waals surface area contributed by atoms with Crippen molar-refractivity contribution in [1.29, 1.82) is 0 Å². The van der Waals surface area contributed by atoms with E-state index < -0.39 is 28.9 Å². The molecule has 2 aliphatic rings. The fourth-order valence-corrected chi connectivity index (χ4v) is 4.92. The van der Waals surface area contributed by atoms with Gasteiger partial charge in [0, 0.05) is 43.0 Å². The summed E-state index contributed by atoms with van der Waals surface area (Å²) in [7, 11) is 2.35. The normalized spacial score (nSPS) is 19.9. The molecule has 39 heavy (non-hydrogen) atoms. The molecule has 0 spiro atoms. The zero-order valence-corrected chi connectivity index (χ0v) is 21.1. The Hall–Kier alpha value is -3.87. The summed E-state index contributed by atoms with van der Waals surface area (Å²) in [6, 6.07) is 4.30. The highest BCUT2D eigenvalue weighted by Crippen LogP contribution is 2.40. The molecule has 2 atom stereocenters. The molecule has 4 aromatic rings. The maximum absolute atomic E-state index is 15.2. The van der Waals surface area contributed by atoms with Crippen molar-refractivity contribution in [2.24, 2.45) is 7.05 Å². The lowest BCUT2D eigenvalue weighted by Gasteiger charge is -2.28. The van der Waals surface area contributed by atoms with Gasteiger partial charge in [-0.15, -0.1) is 0 Å². The molecular weight excluding hydrogens is 520 g/mol. The first-order valence-corrected chi connectivity index (χ1v) is 12.5. The van der Waals surface area contributed by atoms with E-state index >= 15 is 4.39 Å². The van der Waals surface area contributed by atoms with Gasteiger partial charge in [0.05, 0.1) is 25.5 Å². The minimum Gasteiger partial charge on any atom is -0.497 e. The van der Waals surface area contributed by atoms with Gasteiger partial charge in [0.2, 0.25) is 5.82 Å². The van der Waals surface area contributed by atoms with Crippen molar-refractivity contribution in [1.82, 2.24) is 29.3 Å². The Morgan fingerprint density at radius 3 is 2.59 bits per heavy atom. The fourth-order valence-electron chi connectivity index (χ4n) is 4.92. The van der Waals surface area contributed by atoms with Gasteiger partial charge < -0.3 is 9.47 Å². The number of methoxy groups -OCH3 is 1. The molecule has 0 bridgehead atoms. The number of fused-ring (bicyclic) bond motifs is 1. The summed E-state index contributed by atoms with van der Waals surface area (Å²) in [5.74, 6) is -2.08. The molecule has 1 aromatic carbocycles. The van der Waals surface area contributed by atoms with E-state index in [1.807, 2.05) is 10.9 Å². The Morgan fingerprint density at radius 1 is 1.10 bits per heavy atom. The number of hydrogen-bond acceptors (Lipinski definition) is 7. The van der Waals surface area contributed by atoms with Crippen LogP contribution in [0.3, 0.4) is 0 Å². The molecule has 9 nitrogen and oxygen atoms in total. The lowest BCUT2D eigenvalue weighted by molar-refractivity contribution is -0.147. The van der Waals surface area contributed by atoms with Crippen LogP contribution in [0.15, 0.2) is 35.4 Å². The topological polar surface area (TPSA) is 97.0 Å². The molecule has 0 amide bonds. The Morgan fingerprint density at radius 2 is 1.90 bits per heavy atom. The highest BCUT2D eigenvalue weighted by molar-refractivity contribution is 5.88. The number of halogens is 4. The van der Waals surface area contributed by atoms with Crippen LogP contribution in [0, 0.1) is 5.82 Å². The third kappa shape index (κ3) is 4.64. The second kappa shape index (κ2) is 9.40. The summed E-state index contributed by atoms with van der Waals surface area (Å²) in [6.45, 7) is 0.376. The van der Waals surface area contributed by atoms with Crippen molar-refractivity contribution in [2.75, 3.05) is 13.7 Å². The number of benzene rings is 1. The van der Waals surface area contributed by atoms with Crippen LogP contribution in [0.25, 0.3) is 22.3 Å². The van der Waals surface area contributed by atoms with Crippen molar-refractivity contribution in [3.8, 4) is 17.0 Å². The SMILES string of the molecule is COc1ccc(-c2nc(C3CCOC(c4cnn(C5CC5)c4)C3)nc3c(=O)n(C)c(C(F)(F)F)nc23)c(F)c1. The first-order valence-electron chi connectivity index (χ1n) is 12.5. The van der Waals surface area contributed by atoms with Crippen LogP contribution < -0.4 is 10.3 Å². The van der Waals surface area contributed by atoms with Crippen LogP contribution >= 0.6 is 0 Å². The van der Waals surface area contributed by atoms with Gasteiger partial charge in [-0.05, 0) is 37.8 Å². The predicted molar refractivity (Wildman–Crippen MR) is 131 cm³/mol. The smallest absolute Gasteiger partial charge is 0.449 e. The van der Waals surface area contributed by atoms with Gasteiger partial charge in [-0.1, -0.05) is 0 Å². The maximum Gasteiger partial charge on any atom is 0.449 e. The van der Waals surface area contributed by atoms with Crippen LogP contribution in [0.2, 0.25) is 0 Å². The van der Waals surface area contributed by atoms with Crippen molar-refractivity contribution in [3.63, 3.8) is 0 Å². The minimum absolute atomic E-state index is 0.118. The third-order valence-corrected chi connectivity index (χ3v) is 7.19. The molecule has 6 rings (SSSR count). The molecule has 2 fully saturated rings. The van der Waals surface area contributed by atoms with Crippen molar-refractivity contribution in [3.05, 3.63) is 64.0 Å². The fraction of sp³-hybridized carbons (Fsp3) is 0.423. The van der Waals surface area contributed by atoms with Gasteiger partial charge >= 0.3 is 6.18 Å². The molecule has 1 saturated heterocycles. The molecule has 13 heteroatoms. The summed E-state index contributed by atoms with van der Waals surface area (Å²) in [4.78, 5) is 25.8. The first kappa shape index (κ1) is 25.4. The van der Waals surface area contributed by atoms with E-state index in [0.717, 1.165) is 31.5 Å². The Labute approximate surface area is 219 Å². The molecule has 2 unspecified atom stereocenters. The molecule has 204 valence electrons. The molecular formula is C26H24F4N6O3. The summed E-state index contributed by atoms with van der Waals surface area (Å²) in [6.07, 6.45) is 1.65. The van der Waals surface area contributed by atoms with Gasteiger partial charge in [-0.3, -0.25) is 14.0 Å². The third-order valence-electron chi connectivity index (χ3n) is 7.19. The summed E-state index contributed by atoms with van der Waals surface area (Å²) < 4.78 is 69.7. The molecule has 1 aliphatic carbocycles. The van der Waals surface area contributed by atoms with Gasteiger partial charge in [-0.2, -0.15) is 18.3 Å². The monoisotopic (exact) mass is 544 g/mol. The predicted octanol–water partition coefficient (Wildman–Crippen LogP) is 4.72. The highest BCUT2D eigenvalue weighted by atomic mass is 19.4. The van der Waals surface area contributed by atoms with Crippen LogP contribution in [-0.2, 0) is 18.0 Å². The van der Waals surface area contributed by atoms with E-state index in [1.165, 1.54) is 19.2 Å². The lowest BCUT2D eigenvalue weighted by atomic mass is 9.92. The zero-order chi connectivity index (χ0) is 27.5. The van der Waals surface area contributed by atoms with E-state index in [1.54, 1.807) is 6.20 Å². The number of hydrogen-bond donors (Lipinski definition) is 0. The molecule has 0 radical (unpaired) electrons. The number of rotatable bonds is 5. The Kier molecular flexibility index (Phi) is 6.12. The molecule has 1 saturated carbocycles. The number of alkyl halides is 3. The Bertz CT molecular complexity index is 1630. The number of aromatic nitrogens is 6. The largest absolute Gasteiger partial charge is 0.497 e. The number of ether oxygens (including phenoxy) is 2. The first-order chi connectivity index (χ1) is 18.6. The second-order valence-corrected chi connectivity index (χ2v) is 9.84. The molecule has 0 N–H and O–H groups in total. The van der Waals surface area contributed by atoms with Gasteiger partial charge in [0.15, 0.2) is 5.52 Å². The van der Waals surface area contributed by atoms with Crippen LogP contribution in [0.4, 0.5) is 17.6 Å². The minimum atomic E-state index is -4.92. The second-order valence-electron chi connectivity index (χ2n) is 9.84. The van der Waals surface area contributed by atoms with Gasteiger partial charge in [0.1, 0.15) is 28.6 Å². The lowest BCUT2D eigenvalue weighted by Crippen LogP contribution is -2.29. The van der Waals surface area contributed by atoms with E-state index in [-0.39, 0.29) is 40.4 Å². The quantitative estimate of drug-likeness (QED) is 0.336. The summed E-state index contributed by atoms with van der Waals surface area (Å²) in [5, 5.41) is 4.43. The molecule has 3 aromatic heterocycles. The summed E-state index contributed by atoms with van der Waals surface area (Å²) in [5.41, 5.74) is -1.14. The Balaban J connectivity index is 1.48. The average molecular weight is 545 g/mol. The van der Waals surface area contributed by atoms with Crippen molar-refractivity contribution in [2.45, 2.75) is 49.9 Å². The number of nitrogens with zero attached hydrogens (tertiary/aromatic N) is 6. The van der Waals surface area contributed by atoms with E-state index in [2.05, 4.69) is 20.1 Å². The van der Waals surface area contributed by atoms with Crippen molar-refractivity contribution < 1.29 is 27.0 Å². The van der Waals surface area contributed by atoms with E-state index in [9.17, 15) is 18.0 Å². The van der Waals surface area contributed by atoms with E-state index in [0.29, 0.717) is 30.1 Å². The average Bonchev–Trinajstić information content (AvgIpc) is 3.65. The van der Waals surface area contributed by atoms with Crippen LogP contribution in [0.1, 0.15) is 61.0 Å². The van der Waals surface area contributed by atoms with E-state index in [4.69, 9.17) is 9.47 Å². The van der Waals surface area contributed by atoms with Crippen LogP contribution in [0.5, 0.6) is 5.75 Å². The van der Waals surface area contributed by atoms with Gasteiger partial charge in [-0.25, -0.2) is 19.3 Å². The highest BCUT2D eigenvalue weighted by Gasteiger charge is 2.38. The standard InChI is InChI=1S/C26H24F4N6O3/c1-35-24(37)22-21(34-25(35)26(28,29)30)20(17-6-5-16(38-2)10-18(17)27)32-23(33-22)13-7-8-39-19(9-13)14-11-31-36(12-14)15-3-4-15/h5-6,10-13,15,19H,3-4,7-9H2,1-2H3. The maximum atomic E-state index is 15.2.